The fraction of sp³-hybridized carbons (Fsp3) is 0. The number of rotatable bonds is 13. The van der Waals surface area contributed by atoms with Crippen LogP contribution in [0.2, 0.25) is 0 Å². The van der Waals surface area contributed by atoms with Crippen molar-refractivity contribution in [1.82, 2.24) is 0 Å². The van der Waals surface area contributed by atoms with Gasteiger partial charge in [0.2, 0.25) is 0 Å². The van der Waals surface area contributed by atoms with Crippen LogP contribution in [0.1, 0.15) is 0 Å². The minimum Gasteiger partial charge on any atom is -0.311 e. The fourth-order valence-electron chi connectivity index (χ4n) is 10.5. The van der Waals surface area contributed by atoms with Crippen molar-refractivity contribution in [1.29, 1.82) is 0 Å². The first kappa shape index (κ1) is 46.1. The lowest BCUT2D eigenvalue weighted by Gasteiger charge is -2.27. The zero-order valence-electron chi connectivity index (χ0n) is 41.7. The Morgan fingerprint density at radius 2 is 0.461 bits per heavy atom. The Balaban J connectivity index is 0.818. The van der Waals surface area contributed by atoms with Gasteiger partial charge in [0, 0.05) is 60.3 Å². The van der Waals surface area contributed by atoms with Gasteiger partial charge >= 0.3 is 0 Å². The van der Waals surface area contributed by atoms with E-state index in [2.05, 4.69) is 324 Å². The fourth-order valence-corrected chi connectivity index (χ4v) is 11.5. The molecule has 0 aliphatic rings. The van der Waals surface area contributed by atoms with Gasteiger partial charge in [-0.25, -0.2) is 0 Å². The van der Waals surface area contributed by atoms with Crippen LogP contribution in [0.5, 0.6) is 0 Å². The van der Waals surface area contributed by atoms with E-state index >= 15 is 0 Å². The minimum atomic E-state index is 1.08. The van der Waals surface area contributed by atoms with Gasteiger partial charge in [-0.05, 0) is 153 Å². The maximum Gasteiger partial charge on any atom is 0.0540 e. The summed E-state index contributed by atoms with van der Waals surface area (Å²) in [7, 11) is 0. The Morgan fingerprint density at radius 3 is 0.842 bits per heavy atom. The molecule has 13 rings (SSSR count). The molecule has 0 bridgehead atoms. The largest absolute Gasteiger partial charge is 0.311 e. The second-order valence-corrected chi connectivity index (χ2v) is 20.0. The Labute approximate surface area is 448 Å². The van der Waals surface area contributed by atoms with Gasteiger partial charge in [0.25, 0.3) is 0 Å². The number of benzene rings is 12. The average Bonchev–Trinajstić information content (AvgIpc) is 4.01. The molecule has 4 heteroatoms. The van der Waals surface area contributed by atoms with Gasteiger partial charge in [0.05, 0.1) is 11.4 Å². The van der Waals surface area contributed by atoms with Crippen LogP contribution >= 0.6 is 11.3 Å². The maximum absolute atomic E-state index is 2.36. The number of anilines is 9. The monoisotopic (exact) mass is 989 g/mol. The first-order valence-electron chi connectivity index (χ1n) is 25.8. The third-order valence-electron chi connectivity index (χ3n) is 14.3. The van der Waals surface area contributed by atoms with Crippen LogP contribution in [0.3, 0.4) is 0 Å². The lowest BCUT2D eigenvalue weighted by atomic mass is 10.0. The molecule has 0 fully saturated rings. The zero-order valence-corrected chi connectivity index (χ0v) is 42.5. The van der Waals surface area contributed by atoms with Crippen molar-refractivity contribution in [2.75, 3.05) is 14.7 Å². The van der Waals surface area contributed by atoms with Crippen molar-refractivity contribution in [3.63, 3.8) is 0 Å². The molecule has 1 heterocycles. The van der Waals surface area contributed by atoms with Gasteiger partial charge < -0.3 is 14.7 Å². The second-order valence-electron chi connectivity index (χ2n) is 18.9. The molecule has 0 aliphatic carbocycles. The Bertz CT molecular complexity index is 3840. The third kappa shape index (κ3) is 9.19. The molecule has 13 aromatic rings. The van der Waals surface area contributed by atoms with Gasteiger partial charge in [-0.15, -0.1) is 11.3 Å². The topological polar surface area (TPSA) is 9.72 Å². The smallest absolute Gasteiger partial charge is 0.0540 e. The number of fused-ring (bicyclic) bond motifs is 2. The van der Waals surface area contributed by atoms with Crippen molar-refractivity contribution in [3.8, 4) is 43.1 Å². The number of para-hydroxylation sites is 2. The first-order chi connectivity index (χ1) is 37.7. The van der Waals surface area contributed by atoms with Crippen molar-refractivity contribution in [2.45, 2.75) is 0 Å². The molecule has 3 nitrogen and oxygen atoms in total. The van der Waals surface area contributed by atoms with Crippen LogP contribution in [0, 0.1) is 0 Å². The molecule has 0 atom stereocenters. The normalized spacial score (nSPS) is 11.2. The van der Waals surface area contributed by atoms with Gasteiger partial charge in [0.15, 0.2) is 0 Å². The van der Waals surface area contributed by atoms with Crippen molar-refractivity contribution >= 4 is 84.1 Å². The number of thiophene rings is 1. The summed E-state index contributed by atoms with van der Waals surface area (Å²) in [4.78, 5) is 9.58. The molecule has 1 aromatic heterocycles. The molecular weight excluding hydrogens is 939 g/mol. The molecule has 0 aliphatic heterocycles. The molecule has 0 spiro atoms. The Kier molecular flexibility index (Phi) is 12.5. The quantitative estimate of drug-likeness (QED) is 0.114. The molecule has 76 heavy (non-hydrogen) atoms. The Hall–Kier alpha value is -9.74. The molecule has 0 saturated carbocycles. The van der Waals surface area contributed by atoms with E-state index in [1.807, 2.05) is 11.3 Å². The van der Waals surface area contributed by atoms with E-state index in [1.165, 1.54) is 42.4 Å². The highest BCUT2D eigenvalue weighted by Crippen LogP contribution is 2.44. The SMILES string of the molecule is c1ccc(-c2ccc(-c3ccc(N(c4ccc(-c5ccc(N(c6ccccc6)c6cccc7ccccc67)cc5)cc4)c4ccc(-c5ccc(N(c6ccccc6)c6cccc7ccccc67)cc5)cc4)cc3)s2)cc1. The highest BCUT2D eigenvalue weighted by molar-refractivity contribution is 7.18. The summed E-state index contributed by atoms with van der Waals surface area (Å²) in [6.45, 7) is 0. The standard InChI is InChI=1S/C72H51N3S/c1-4-18-58(19-5-1)71-50-51-72(76-71)59-38-48-64(49-39-59)73(62-40-30-52(31-41-62)54-34-44-65(45-35-54)74(60-22-6-2-7-23-60)69-28-14-20-56-16-10-12-26-67(56)69)63-42-32-53(33-43-63)55-36-46-66(47-37-55)75(61-24-8-3-9-25-61)70-29-15-21-57-17-11-13-27-68(57)70/h1-51H. The minimum absolute atomic E-state index is 1.08. The van der Waals surface area contributed by atoms with Gasteiger partial charge in [-0.2, -0.15) is 0 Å². The summed E-state index contributed by atoms with van der Waals surface area (Å²) >= 11 is 1.83. The molecule has 0 radical (unpaired) electrons. The van der Waals surface area contributed by atoms with E-state index in [1.54, 1.807) is 0 Å². The molecule has 0 saturated heterocycles. The summed E-state index contributed by atoms with van der Waals surface area (Å²) in [5.74, 6) is 0. The van der Waals surface area contributed by atoms with Crippen LogP contribution in [-0.2, 0) is 0 Å². The number of hydrogen-bond acceptors (Lipinski definition) is 4. The molecule has 0 unspecified atom stereocenters. The van der Waals surface area contributed by atoms with Crippen molar-refractivity contribution in [3.05, 3.63) is 309 Å². The van der Waals surface area contributed by atoms with Crippen LogP contribution in [0.4, 0.5) is 51.2 Å². The summed E-state index contributed by atoms with van der Waals surface area (Å²) < 4.78 is 0. The summed E-state index contributed by atoms with van der Waals surface area (Å²) in [5.41, 5.74) is 17.0. The maximum atomic E-state index is 2.36. The van der Waals surface area contributed by atoms with Crippen molar-refractivity contribution in [2.24, 2.45) is 0 Å². The van der Waals surface area contributed by atoms with Crippen LogP contribution < -0.4 is 14.7 Å². The van der Waals surface area contributed by atoms with Gasteiger partial charge in [-0.3, -0.25) is 0 Å². The molecule has 0 amide bonds. The van der Waals surface area contributed by atoms with E-state index in [0.29, 0.717) is 0 Å². The first-order valence-corrected chi connectivity index (χ1v) is 26.6. The van der Waals surface area contributed by atoms with E-state index in [4.69, 9.17) is 0 Å². The van der Waals surface area contributed by atoms with E-state index < -0.39 is 0 Å². The molecule has 12 aromatic carbocycles. The van der Waals surface area contributed by atoms with Crippen LogP contribution in [0.25, 0.3) is 64.7 Å². The van der Waals surface area contributed by atoms with E-state index in [-0.39, 0.29) is 0 Å². The average molecular weight is 990 g/mol. The van der Waals surface area contributed by atoms with Crippen LogP contribution in [0.15, 0.2) is 309 Å². The molecular formula is C72H51N3S. The summed E-state index contributed by atoms with van der Waals surface area (Å²) in [6, 6.07) is 112. The van der Waals surface area contributed by atoms with E-state index in [0.717, 1.165) is 73.4 Å². The molecule has 0 N–H and O–H groups in total. The highest BCUT2D eigenvalue weighted by Gasteiger charge is 2.19. The molecule has 360 valence electrons. The van der Waals surface area contributed by atoms with Gasteiger partial charge in [-0.1, -0.05) is 200 Å². The van der Waals surface area contributed by atoms with Crippen molar-refractivity contribution < 1.29 is 0 Å². The zero-order chi connectivity index (χ0) is 50.6. The summed E-state index contributed by atoms with van der Waals surface area (Å²) in [6.07, 6.45) is 0. The predicted molar refractivity (Wildman–Crippen MR) is 325 cm³/mol. The van der Waals surface area contributed by atoms with E-state index in [9.17, 15) is 0 Å². The summed E-state index contributed by atoms with van der Waals surface area (Å²) in [5, 5.41) is 4.86. The Morgan fingerprint density at radius 1 is 0.184 bits per heavy atom. The predicted octanol–water partition coefficient (Wildman–Crippen LogP) is 21.1. The van der Waals surface area contributed by atoms with Crippen LogP contribution in [-0.4, -0.2) is 0 Å². The lowest BCUT2D eigenvalue weighted by Crippen LogP contribution is -2.10. The number of nitrogens with zero attached hydrogens (tertiary/aromatic N) is 3. The number of hydrogen-bond donors (Lipinski definition) is 0. The lowest BCUT2D eigenvalue weighted by molar-refractivity contribution is 1.28. The second kappa shape index (κ2) is 20.6. The highest BCUT2D eigenvalue weighted by atomic mass is 32.1. The third-order valence-corrected chi connectivity index (χ3v) is 15.5. The van der Waals surface area contributed by atoms with Gasteiger partial charge in [0.1, 0.15) is 0 Å².